The van der Waals surface area contributed by atoms with Gasteiger partial charge in [0.25, 0.3) is 11.8 Å². The summed E-state index contributed by atoms with van der Waals surface area (Å²) < 4.78 is 31.1. The van der Waals surface area contributed by atoms with Gasteiger partial charge in [0, 0.05) is 56.0 Å². The van der Waals surface area contributed by atoms with E-state index >= 15 is 0 Å². The Bertz CT molecular complexity index is 1420. The van der Waals surface area contributed by atoms with E-state index in [-0.39, 0.29) is 18.4 Å². The summed E-state index contributed by atoms with van der Waals surface area (Å²) in [5, 5.41) is 10.8. The number of nitrogens with zero attached hydrogens (tertiary/aromatic N) is 6. The van der Waals surface area contributed by atoms with Crippen LogP contribution in [0.3, 0.4) is 0 Å². The van der Waals surface area contributed by atoms with Crippen molar-refractivity contribution in [1.82, 2.24) is 34.4 Å². The predicted octanol–water partition coefficient (Wildman–Crippen LogP) is 2.80. The molecule has 1 aliphatic carbocycles. The van der Waals surface area contributed by atoms with E-state index in [1.165, 1.54) is 10.7 Å². The molecule has 1 atom stereocenters. The molecule has 6 rings (SSSR count). The molecule has 5 heterocycles. The molecule has 1 saturated heterocycles. The number of pyridine rings is 1. The molecule has 0 spiro atoms. The number of anilines is 1. The van der Waals surface area contributed by atoms with E-state index < -0.39 is 17.9 Å². The number of hydrogen-bond donors (Lipinski definition) is 2. The van der Waals surface area contributed by atoms with Crippen LogP contribution in [0.2, 0.25) is 0 Å². The van der Waals surface area contributed by atoms with Gasteiger partial charge in [-0.1, -0.05) is 0 Å². The van der Waals surface area contributed by atoms with E-state index in [4.69, 9.17) is 4.98 Å². The lowest BCUT2D eigenvalue weighted by Gasteiger charge is -2.37. The normalized spacial score (nSPS) is 20.3. The molecule has 0 radical (unpaired) electrons. The Morgan fingerprint density at radius 3 is 2.76 bits per heavy atom. The molecule has 1 saturated carbocycles. The Balaban J connectivity index is 1.45. The molecular formula is C23H24F2N8O. The number of nitrogens with one attached hydrogen (secondary N) is 2. The topological polar surface area (TPSA) is 92.4 Å². The molecule has 2 N–H and O–H groups in total. The Morgan fingerprint density at radius 2 is 2.09 bits per heavy atom. The summed E-state index contributed by atoms with van der Waals surface area (Å²) in [4.78, 5) is 24.5. The van der Waals surface area contributed by atoms with E-state index in [0.717, 1.165) is 29.7 Å². The summed E-state index contributed by atoms with van der Waals surface area (Å²) >= 11 is 0. The van der Waals surface area contributed by atoms with Crippen LogP contribution in [0, 0.1) is 0 Å². The number of aromatic nitrogens is 5. The van der Waals surface area contributed by atoms with Gasteiger partial charge in [-0.3, -0.25) is 4.79 Å². The lowest BCUT2D eigenvalue weighted by atomic mass is 9.88. The van der Waals surface area contributed by atoms with Crippen molar-refractivity contribution in [2.75, 3.05) is 32.5 Å². The average Bonchev–Trinajstić information content (AvgIpc) is 3.41. The number of hydrogen-bond acceptors (Lipinski definition) is 6. The second-order valence-electron chi connectivity index (χ2n) is 9.10. The second-order valence-corrected chi connectivity index (χ2v) is 9.10. The number of halogens is 2. The zero-order chi connectivity index (χ0) is 23.6. The van der Waals surface area contributed by atoms with Crippen molar-refractivity contribution in [2.24, 2.45) is 0 Å². The number of alkyl halides is 2. The van der Waals surface area contributed by atoms with Crippen molar-refractivity contribution in [3.05, 3.63) is 42.4 Å². The number of fused-ring (bicyclic) bond motifs is 2. The molecule has 4 aromatic rings. The highest BCUT2D eigenvalue weighted by atomic mass is 19.3. The Kier molecular flexibility index (Phi) is 4.60. The maximum absolute atomic E-state index is 13.7. The number of likely N-dealkylation sites (N-methyl/N-ethyl adjacent to an activating group) is 1. The largest absolute Gasteiger partial charge is 0.373 e. The third-order valence-electron chi connectivity index (χ3n) is 6.86. The maximum Gasteiger partial charge on any atom is 0.267 e. The summed E-state index contributed by atoms with van der Waals surface area (Å²) in [5.41, 5.74) is 2.86. The van der Waals surface area contributed by atoms with Crippen molar-refractivity contribution in [1.29, 1.82) is 0 Å². The van der Waals surface area contributed by atoms with Crippen LogP contribution in [-0.2, 0) is 0 Å². The lowest BCUT2D eigenvalue weighted by Crippen LogP contribution is -2.55. The fraction of sp³-hybridized carbons (Fsp3) is 0.391. The van der Waals surface area contributed by atoms with Gasteiger partial charge in [0.15, 0.2) is 5.65 Å². The van der Waals surface area contributed by atoms with Crippen molar-refractivity contribution < 1.29 is 13.6 Å². The van der Waals surface area contributed by atoms with E-state index in [2.05, 4.69) is 43.4 Å². The van der Waals surface area contributed by atoms with Gasteiger partial charge < -0.3 is 20.1 Å². The molecule has 2 aliphatic rings. The number of rotatable bonds is 5. The van der Waals surface area contributed by atoms with Crippen LogP contribution in [0.25, 0.3) is 27.9 Å². The number of carbonyl (C=O) groups excluding carboxylic acids is 1. The Labute approximate surface area is 193 Å². The molecule has 176 valence electrons. The standard InChI is InChI=1S/C23H24F2N8O/c1-26-19-8-17(16-12-32(13-10-31(2)11-13)20-14(16)4-3-7-27-20)29-21-15(9-28-33(19)21)22(34)30-18-5-6-23(18,24)25/h3-4,7-9,12-13,18,26H,5-6,10-11H2,1-2H3,(H,30,34)/t18-/m0/s1. The summed E-state index contributed by atoms with van der Waals surface area (Å²) in [6.07, 6.45) is 5.23. The highest BCUT2D eigenvalue weighted by Crippen LogP contribution is 2.38. The predicted molar refractivity (Wildman–Crippen MR) is 123 cm³/mol. The van der Waals surface area contributed by atoms with Crippen molar-refractivity contribution >= 4 is 28.4 Å². The third-order valence-corrected chi connectivity index (χ3v) is 6.86. The van der Waals surface area contributed by atoms with E-state index in [1.54, 1.807) is 13.2 Å². The minimum atomic E-state index is -2.88. The van der Waals surface area contributed by atoms with Crippen LogP contribution in [0.4, 0.5) is 14.6 Å². The van der Waals surface area contributed by atoms with Gasteiger partial charge in [-0.2, -0.15) is 9.61 Å². The Hall–Kier alpha value is -3.60. The molecule has 2 fully saturated rings. The number of amides is 1. The lowest BCUT2D eigenvalue weighted by molar-refractivity contribution is -0.102. The van der Waals surface area contributed by atoms with Gasteiger partial charge in [-0.15, -0.1) is 0 Å². The van der Waals surface area contributed by atoms with Crippen LogP contribution in [0.1, 0.15) is 29.2 Å². The molecular weight excluding hydrogens is 442 g/mol. The van der Waals surface area contributed by atoms with Crippen LogP contribution in [0.5, 0.6) is 0 Å². The molecule has 1 amide bonds. The summed E-state index contributed by atoms with van der Waals surface area (Å²) in [7, 11) is 3.83. The fourth-order valence-corrected chi connectivity index (χ4v) is 4.77. The smallest absolute Gasteiger partial charge is 0.267 e. The first-order chi connectivity index (χ1) is 16.4. The third kappa shape index (κ3) is 3.14. The first kappa shape index (κ1) is 21.0. The summed E-state index contributed by atoms with van der Waals surface area (Å²) in [6.45, 7) is 1.87. The highest BCUT2D eigenvalue weighted by molar-refractivity contribution is 6.01. The minimum absolute atomic E-state index is 0.156. The minimum Gasteiger partial charge on any atom is -0.373 e. The summed E-state index contributed by atoms with van der Waals surface area (Å²) in [6, 6.07) is 4.91. The van der Waals surface area contributed by atoms with Gasteiger partial charge in [-0.25, -0.2) is 18.7 Å². The maximum atomic E-state index is 13.7. The van der Waals surface area contributed by atoms with Crippen molar-refractivity contribution in [3.63, 3.8) is 0 Å². The van der Waals surface area contributed by atoms with Gasteiger partial charge in [0.1, 0.15) is 17.0 Å². The molecule has 0 aromatic carbocycles. The molecule has 1 aliphatic heterocycles. The van der Waals surface area contributed by atoms with Crippen LogP contribution in [-0.4, -0.2) is 74.1 Å². The van der Waals surface area contributed by atoms with Gasteiger partial charge in [0.2, 0.25) is 0 Å². The van der Waals surface area contributed by atoms with Crippen LogP contribution >= 0.6 is 0 Å². The molecule has 4 aromatic heterocycles. The molecule has 0 unspecified atom stereocenters. The van der Waals surface area contributed by atoms with E-state index in [0.29, 0.717) is 23.2 Å². The monoisotopic (exact) mass is 466 g/mol. The highest BCUT2D eigenvalue weighted by Gasteiger charge is 2.49. The first-order valence-electron chi connectivity index (χ1n) is 11.3. The summed E-state index contributed by atoms with van der Waals surface area (Å²) in [5.74, 6) is -2.86. The van der Waals surface area contributed by atoms with E-state index in [1.807, 2.05) is 18.2 Å². The van der Waals surface area contributed by atoms with Crippen LogP contribution in [0.15, 0.2) is 36.8 Å². The first-order valence-corrected chi connectivity index (χ1v) is 11.3. The quantitative estimate of drug-likeness (QED) is 0.470. The van der Waals surface area contributed by atoms with Crippen LogP contribution < -0.4 is 10.6 Å². The van der Waals surface area contributed by atoms with Gasteiger partial charge in [0.05, 0.1) is 24.0 Å². The SMILES string of the molecule is CNc1cc(-c2cn(C3CN(C)C3)c3ncccc23)nc2c(C(=O)N[C@H]3CCC3(F)F)cnn12. The zero-order valence-electron chi connectivity index (χ0n) is 18.8. The number of likely N-dealkylation sites (tertiary alicyclic amines) is 1. The molecule has 0 bridgehead atoms. The van der Waals surface area contributed by atoms with Crippen molar-refractivity contribution in [2.45, 2.75) is 30.8 Å². The van der Waals surface area contributed by atoms with Crippen molar-refractivity contribution in [3.8, 4) is 11.3 Å². The average molecular weight is 466 g/mol. The molecule has 34 heavy (non-hydrogen) atoms. The van der Waals surface area contributed by atoms with Gasteiger partial charge >= 0.3 is 0 Å². The molecule has 11 heteroatoms. The van der Waals surface area contributed by atoms with Gasteiger partial charge in [-0.05, 0) is 25.6 Å². The van der Waals surface area contributed by atoms with E-state index in [9.17, 15) is 13.6 Å². The Morgan fingerprint density at radius 1 is 1.26 bits per heavy atom. The molecule has 9 nitrogen and oxygen atoms in total. The zero-order valence-corrected chi connectivity index (χ0v) is 18.8. The second kappa shape index (κ2) is 7.45. The fourth-order valence-electron chi connectivity index (χ4n) is 4.77. The number of carbonyl (C=O) groups is 1.